The van der Waals surface area contributed by atoms with E-state index in [0.29, 0.717) is 0 Å². The van der Waals surface area contributed by atoms with Gasteiger partial charge < -0.3 is 0 Å². The molecule has 0 saturated carbocycles. The molecule has 0 N–H and O–H groups in total. The molecule has 12 rings (SSSR count). The molecule has 0 bridgehead atoms. The molecule has 0 aliphatic heterocycles. The first-order valence-corrected chi connectivity index (χ1v) is 19.6. The molecule has 1 unspecified atom stereocenters. The molecule has 0 amide bonds. The first kappa shape index (κ1) is 30.0. The van der Waals surface area contributed by atoms with Crippen LogP contribution in [0.4, 0.5) is 0 Å². The van der Waals surface area contributed by atoms with Crippen molar-refractivity contribution in [1.82, 2.24) is 0 Å². The van der Waals surface area contributed by atoms with Crippen LogP contribution in [0.1, 0.15) is 22.3 Å². The quantitative estimate of drug-likeness (QED) is 0.161. The fourth-order valence-electron chi connectivity index (χ4n) is 10.0. The van der Waals surface area contributed by atoms with Gasteiger partial charge in [-0.05, 0) is 105 Å². The third-order valence-electron chi connectivity index (χ3n) is 12.1. The second-order valence-corrected chi connectivity index (χ2v) is 15.7. The highest BCUT2D eigenvalue weighted by Crippen LogP contribution is 2.67. The smallest absolute Gasteiger partial charge is 0.0740 e. The summed E-state index contributed by atoms with van der Waals surface area (Å²) >= 11 is 1.95. The third kappa shape index (κ3) is 3.87. The Hall–Kier alpha value is -6.54. The number of hydrogen-bond donors (Lipinski definition) is 0. The van der Waals surface area contributed by atoms with E-state index < -0.39 is 5.41 Å². The fourth-order valence-corrected chi connectivity index (χ4v) is 11.4. The van der Waals surface area contributed by atoms with Gasteiger partial charge in [0, 0.05) is 9.58 Å². The molecule has 1 heteroatoms. The topological polar surface area (TPSA) is 0 Å². The zero-order valence-corrected chi connectivity index (χ0v) is 30.2. The van der Waals surface area contributed by atoms with Crippen LogP contribution in [0.25, 0.3) is 86.6 Å². The predicted molar refractivity (Wildman–Crippen MR) is 229 cm³/mol. The highest BCUT2D eigenvalue weighted by Gasteiger charge is 2.53. The molecule has 1 spiro atoms. The zero-order chi connectivity index (χ0) is 35.4. The second kappa shape index (κ2) is 11.2. The summed E-state index contributed by atoms with van der Waals surface area (Å²) in [5.41, 5.74) is 16.8. The Labute approximate surface area is 318 Å². The summed E-state index contributed by atoms with van der Waals surface area (Å²) in [6.45, 7) is 0. The second-order valence-electron chi connectivity index (χ2n) is 14.7. The lowest BCUT2D eigenvalue weighted by Crippen LogP contribution is -2.25. The Morgan fingerprint density at radius 1 is 0.315 bits per heavy atom. The molecule has 54 heavy (non-hydrogen) atoms. The molecule has 0 fully saturated rings. The average Bonchev–Trinajstić information content (AvgIpc) is 3.87. The summed E-state index contributed by atoms with van der Waals surface area (Å²) in [6.07, 6.45) is 0. The van der Waals surface area contributed by atoms with Crippen molar-refractivity contribution < 1.29 is 0 Å². The Balaban J connectivity index is 1.20. The molecule has 0 nitrogen and oxygen atoms in total. The van der Waals surface area contributed by atoms with Crippen LogP contribution in [0.5, 0.6) is 0 Å². The van der Waals surface area contributed by atoms with Gasteiger partial charge in [-0.15, -0.1) is 11.3 Å². The molecule has 10 aromatic rings. The minimum Gasteiger partial charge on any atom is -0.135 e. The molecule has 0 radical (unpaired) electrons. The van der Waals surface area contributed by atoms with E-state index in [1.54, 1.807) is 0 Å². The molecule has 1 heterocycles. The molecule has 0 saturated heterocycles. The van der Waals surface area contributed by atoms with E-state index in [0.717, 1.165) is 0 Å². The predicted octanol–water partition coefficient (Wildman–Crippen LogP) is 14.6. The van der Waals surface area contributed by atoms with Crippen molar-refractivity contribution in [2.45, 2.75) is 5.41 Å². The van der Waals surface area contributed by atoms with Crippen LogP contribution >= 0.6 is 11.3 Å². The van der Waals surface area contributed by atoms with Gasteiger partial charge in [-0.1, -0.05) is 188 Å². The van der Waals surface area contributed by atoms with E-state index >= 15 is 0 Å². The summed E-state index contributed by atoms with van der Waals surface area (Å²) in [5.74, 6) is 0. The summed E-state index contributed by atoms with van der Waals surface area (Å²) in [7, 11) is 0. The van der Waals surface area contributed by atoms with E-state index in [1.807, 2.05) is 11.3 Å². The van der Waals surface area contributed by atoms with Crippen LogP contribution in [0.15, 0.2) is 194 Å². The van der Waals surface area contributed by atoms with Gasteiger partial charge in [0.2, 0.25) is 0 Å². The molecular formula is C53H32S. The summed E-state index contributed by atoms with van der Waals surface area (Å²) in [4.78, 5) is 1.39. The van der Waals surface area contributed by atoms with Gasteiger partial charge in [-0.2, -0.15) is 0 Å². The van der Waals surface area contributed by atoms with E-state index in [2.05, 4.69) is 194 Å². The maximum atomic E-state index is 2.43. The van der Waals surface area contributed by atoms with Crippen LogP contribution in [-0.4, -0.2) is 0 Å². The maximum absolute atomic E-state index is 2.43. The van der Waals surface area contributed by atoms with Crippen molar-refractivity contribution in [1.29, 1.82) is 0 Å². The van der Waals surface area contributed by atoms with Crippen LogP contribution in [0.2, 0.25) is 0 Å². The largest absolute Gasteiger partial charge is 0.135 e. The molecule has 2 aliphatic carbocycles. The van der Waals surface area contributed by atoms with Gasteiger partial charge in [-0.25, -0.2) is 0 Å². The van der Waals surface area contributed by atoms with Crippen molar-refractivity contribution in [2.75, 3.05) is 0 Å². The van der Waals surface area contributed by atoms with Crippen LogP contribution in [0.3, 0.4) is 0 Å². The first-order valence-electron chi connectivity index (χ1n) is 18.8. The number of rotatable bonds is 3. The lowest BCUT2D eigenvalue weighted by Gasteiger charge is -2.30. The minimum absolute atomic E-state index is 0.435. The Morgan fingerprint density at radius 2 is 0.833 bits per heavy atom. The lowest BCUT2D eigenvalue weighted by molar-refractivity contribution is 0.803. The first-order chi connectivity index (χ1) is 26.8. The Kier molecular flexibility index (Phi) is 6.23. The number of thiophene rings is 1. The van der Waals surface area contributed by atoms with Crippen molar-refractivity contribution in [3.05, 3.63) is 216 Å². The average molecular weight is 701 g/mol. The highest BCUT2D eigenvalue weighted by molar-refractivity contribution is 7.22. The Bertz CT molecular complexity index is 3090. The third-order valence-corrected chi connectivity index (χ3v) is 13.3. The van der Waals surface area contributed by atoms with Crippen LogP contribution in [-0.2, 0) is 5.41 Å². The molecule has 1 atom stereocenters. The minimum atomic E-state index is -0.435. The van der Waals surface area contributed by atoms with Gasteiger partial charge in [0.05, 0.1) is 5.41 Å². The monoisotopic (exact) mass is 700 g/mol. The SMILES string of the molecule is c1ccc(-c2ccc3c4c(sc3c2)-c2ccccc2C42c3ccccc3-c3c(-c4c5ccccc5c(-c5ccccc5)c5ccccc45)cccc32)cc1. The molecule has 1 aromatic heterocycles. The van der Waals surface area contributed by atoms with Crippen molar-refractivity contribution >= 4 is 43.0 Å². The van der Waals surface area contributed by atoms with E-state index in [4.69, 9.17) is 0 Å². The fraction of sp³-hybridized carbons (Fsp3) is 0.0189. The van der Waals surface area contributed by atoms with E-state index in [1.165, 1.54) is 109 Å². The Morgan fingerprint density at radius 3 is 1.52 bits per heavy atom. The zero-order valence-electron chi connectivity index (χ0n) is 29.4. The summed E-state index contributed by atoms with van der Waals surface area (Å²) in [6, 6.07) is 72.5. The number of benzene rings is 9. The van der Waals surface area contributed by atoms with Gasteiger partial charge in [-0.3, -0.25) is 0 Å². The maximum Gasteiger partial charge on any atom is 0.0740 e. The van der Waals surface area contributed by atoms with Crippen LogP contribution in [0, 0.1) is 0 Å². The van der Waals surface area contributed by atoms with Crippen molar-refractivity contribution in [2.24, 2.45) is 0 Å². The van der Waals surface area contributed by atoms with Gasteiger partial charge in [0.15, 0.2) is 0 Å². The normalized spacial score (nSPS) is 15.1. The van der Waals surface area contributed by atoms with E-state index in [-0.39, 0.29) is 0 Å². The summed E-state index contributed by atoms with van der Waals surface area (Å²) in [5, 5.41) is 6.47. The highest BCUT2D eigenvalue weighted by atomic mass is 32.1. The van der Waals surface area contributed by atoms with Gasteiger partial charge >= 0.3 is 0 Å². The standard InChI is InChI=1S/C53H32S/c1-3-16-33(17-4-1)35-30-31-42-47(32-35)54-52-41-25-12-14-28-45(41)53(51(42)52)44-27-13-11-24-40(44)50-43(26-15-29-46(50)53)49-38-22-9-7-20-36(38)48(34-18-5-2-6-19-34)37-21-8-10-23-39(37)49/h1-32H. The van der Waals surface area contributed by atoms with E-state index in [9.17, 15) is 0 Å². The lowest BCUT2D eigenvalue weighted by atomic mass is 9.70. The molecule has 9 aromatic carbocycles. The van der Waals surface area contributed by atoms with Crippen molar-refractivity contribution in [3.63, 3.8) is 0 Å². The van der Waals surface area contributed by atoms with Gasteiger partial charge in [0.1, 0.15) is 0 Å². The van der Waals surface area contributed by atoms with Crippen LogP contribution < -0.4 is 0 Å². The van der Waals surface area contributed by atoms with Gasteiger partial charge in [0.25, 0.3) is 0 Å². The molecule has 250 valence electrons. The number of fused-ring (bicyclic) bond motifs is 14. The summed E-state index contributed by atoms with van der Waals surface area (Å²) < 4.78 is 1.34. The number of hydrogen-bond acceptors (Lipinski definition) is 1. The molecular weight excluding hydrogens is 669 g/mol. The molecule has 2 aliphatic rings. The van der Waals surface area contributed by atoms with Crippen molar-refractivity contribution in [3.8, 4) is 54.9 Å².